The van der Waals surface area contributed by atoms with Crippen molar-refractivity contribution in [3.8, 4) is 0 Å². The molecule has 0 aliphatic rings. The zero-order chi connectivity index (χ0) is 20.4. The smallest absolute Gasteiger partial charge is 0.226 e. The zero-order valence-corrected chi connectivity index (χ0v) is 17.1. The minimum absolute atomic E-state index is 0.126. The normalized spacial score (nSPS) is 11.9. The number of likely N-dealkylation sites (N-methyl/N-ethyl adjacent to an activating group) is 1. The van der Waals surface area contributed by atoms with Crippen molar-refractivity contribution in [1.29, 1.82) is 0 Å². The van der Waals surface area contributed by atoms with E-state index in [4.69, 9.17) is 0 Å². The van der Waals surface area contributed by atoms with Crippen molar-refractivity contribution < 1.29 is 9.59 Å². The molecule has 0 bridgehead atoms. The van der Waals surface area contributed by atoms with Gasteiger partial charge in [0.05, 0.1) is 12.5 Å². The number of hydrogen-bond donors (Lipinski definition) is 2. The predicted molar refractivity (Wildman–Crippen MR) is 114 cm³/mol. The van der Waals surface area contributed by atoms with Crippen molar-refractivity contribution in [3.05, 3.63) is 65.7 Å². The lowest BCUT2D eigenvalue weighted by Crippen LogP contribution is -2.29. The summed E-state index contributed by atoms with van der Waals surface area (Å²) >= 11 is 0. The molecule has 2 N–H and O–H groups in total. The molecule has 5 nitrogen and oxygen atoms in total. The molecule has 5 heteroatoms. The minimum atomic E-state index is -0.341. The summed E-state index contributed by atoms with van der Waals surface area (Å²) in [5.41, 5.74) is 2.94. The molecule has 0 saturated carbocycles. The van der Waals surface area contributed by atoms with Crippen LogP contribution in [0.15, 0.2) is 54.6 Å². The molecule has 28 heavy (non-hydrogen) atoms. The first-order valence-electron chi connectivity index (χ1n) is 9.95. The maximum Gasteiger partial charge on any atom is 0.226 e. The molecule has 0 saturated heterocycles. The molecule has 0 fully saturated rings. The highest BCUT2D eigenvalue weighted by Crippen LogP contribution is 2.18. The number of nitrogens with zero attached hydrogens (tertiary/aromatic N) is 1. The number of carbonyl (C=O) groups excluding carboxylic acids is 2. The summed E-state index contributed by atoms with van der Waals surface area (Å²) in [5.74, 6) is -0.280. The van der Waals surface area contributed by atoms with Crippen LogP contribution in [0.5, 0.6) is 0 Å². The SMILES string of the molecule is CCN(CC)CCc1ccc(NC(=O)C[C@@H](NC(C)=O)c2ccccc2)cc1. The van der Waals surface area contributed by atoms with Gasteiger partial charge in [-0.3, -0.25) is 9.59 Å². The lowest BCUT2D eigenvalue weighted by Gasteiger charge is -2.18. The summed E-state index contributed by atoms with van der Waals surface area (Å²) in [6.07, 6.45) is 1.18. The van der Waals surface area contributed by atoms with Crippen molar-refractivity contribution in [3.63, 3.8) is 0 Å². The van der Waals surface area contributed by atoms with Gasteiger partial charge in [0.25, 0.3) is 0 Å². The van der Waals surface area contributed by atoms with E-state index >= 15 is 0 Å². The van der Waals surface area contributed by atoms with E-state index in [9.17, 15) is 9.59 Å². The van der Waals surface area contributed by atoms with Crippen LogP contribution < -0.4 is 10.6 Å². The number of carbonyl (C=O) groups is 2. The first-order valence-corrected chi connectivity index (χ1v) is 9.95. The fourth-order valence-corrected chi connectivity index (χ4v) is 3.16. The van der Waals surface area contributed by atoms with Crippen LogP contribution in [-0.2, 0) is 16.0 Å². The summed E-state index contributed by atoms with van der Waals surface area (Å²) in [5, 5.41) is 5.79. The van der Waals surface area contributed by atoms with Crippen LogP contribution in [0, 0.1) is 0 Å². The summed E-state index contributed by atoms with van der Waals surface area (Å²) in [4.78, 5) is 26.4. The van der Waals surface area contributed by atoms with Gasteiger partial charge in [0.2, 0.25) is 11.8 Å². The molecule has 0 aliphatic carbocycles. The van der Waals surface area contributed by atoms with Gasteiger partial charge < -0.3 is 15.5 Å². The first-order chi connectivity index (χ1) is 13.5. The standard InChI is InChI=1S/C23H31N3O2/c1-4-26(5-2)16-15-19-11-13-21(14-12-19)25-23(28)17-22(24-18(3)27)20-9-7-6-8-10-20/h6-14,22H,4-5,15-17H2,1-3H3,(H,24,27)(H,25,28)/t22-/m1/s1. The molecule has 2 amide bonds. The summed E-state index contributed by atoms with van der Waals surface area (Å²) < 4.78 is 0. The number of anilines is 1. The molecule has 0 aliphatic heterocycles. The second-order valence-corrected chi connectivity index (χ2v) is 6.89. The van der Waals surface area contributed by atoms with Gasteiger partial charge in [-0.2, -0.15) is 0 Å². The molecule has 2 aromatic carbocycles. The van der Waals surface area contributed by atoms with Gasteiger partial charge in [-0.15, -0.1) is 0 Å². The fraction of sp³-hybridized carbons (Fsp3) is 0.391. The summed E-state index contributed by atoms with van der Waals surface area (Å²) in [6.45, 7) is 8.96. The van der Waals surface area contributed by atoms with Crippen LogP contribution in [0.2, 0.25) is 0 Å². The van der Waals surface area contributed by atoms with Gasteiger partial charge >= 0.3 is 0 Å². The topological polar surface area (TPSA) is 61.4 Å². The van der Waals surface area contributed by atoms with Gasteiger partial charge in [0.1, 0.15) is 0 Å². The fourth-order valence-electron chi connectivity index (χ4n) is 3.16. The van der Waals surface area contributed by atoms with Gasteiger partial charge in [-0.1, -0.05) is 56.3 Å². The maximum atomic E-state index is 12.5. The zero-order valence-electron chi connectivity index (χ0n) is 17.1. The van der Waals surface area contributed by atoms with E-state index < -0.39 is 0 Å². The molecule has 0 heterocycles. The third kappa shape index (κ3) is 7.16. The molecule has 2 rings (SSSR count). The average Bonchev–Trinajstić information content (AvgIpc) is 2.70. The Balaban J connectivity index is 1.93. The van der Waals surface area contributed by atoms with E-state index in [2.05, 4.69) is 41.5 Å². The van der Waals surface area contributed by atoms with Crippen molar-refractivity contribution in [2.24, 2.45) is 0 Å². The number of benzene rings is 2. The van der Waals surface area contributed by atoms with E-state index in [0.717, 1.165) is 37.3 Å². The lowest BCUT2D eigenvalue weighted by molar-refractivity contribution is -0.120. The molecule has 1 atom stereocenters. The molecule has 0 radical (unpaired) electrons. The Hall–Kier alpha value is -2.66. The largest absolute Gasteiger partial charge is 0.349 e. The predicted octanol–water partition coefficient (Wildman–Crippen LogP) is 3.78. The Morgan fingerprint density at radius 1 is 0.964 bits per heavy atom. The lowest BCUT2D eigenvalue weighted by atomic mass is 10.0. The molecule has 0 unspecified atom stereocenters. The van der Waals surface area contributed by atoms with Gasteiger partial charge in [-0.25, -0.2) is 0 Å². The maximum absolute atomic E-state index is 12.5. The van der Waals surface area contributed by atoms with Crippen molar-refractivity contribution in [2.45, 2.75) is 39.7 Å². The second-order valence-electron chi connectivity index (χ2n) is 6.89. The van der Waals surface area contributed by atoms with Crippen LogP contribution >= 0.6 is 0 Å². The van der Waals surface area contributed by atoms with Crippen molar-refractivity contribution in [1.82, 2.24) is 10.2 Å². The molecule has 0 spiro atoms. The van der Waals surface area contributed by atoms with E-state index in [0.29, 0.717) is 0 Å². The second kappa shape index (κ2) is 11.2. The molecule has 0 aromatic heterocycles. The highest BCUT2D eigenvalue weighted by Gasteiger charge is 2.17. The number of nitrogens with one attached hydrogen (secondary N) is 2. The molecule has 2 aromatic rings. The number of rotatable bonds is 10. The van der Waals surface area contributed by atoms with E-state index in [1.165, 1.54) is 12.5 Å². The number of amides is 2. The number of hydrogen-bond acceptors (Lipinski definition) is 3. The van der Waals surface area contributed by atoms with E-state index in [1.54, 1.807) is 0 Å². The highest BCUT2D eigenvalue weighted by atomic mass is 16.2. The average molecular weight is 382 g/mol. The Morgan fingerprint density at radius 2 is 1.61 bits per heavy atom. The van der Waals surface area contributed by atoms with Gasteiger partial charge in [0, 0.05) is 19.2 Å². The third-order valence-electron chi connectivity index (χ3n) is 4.82. The monoisotopic (exact) mass is 381 g/mol. The quantitative estimate of drug-likeness (QED) is 0.658. The van der Waals surface area contributed by atoms with Crippen molar-refractivity contribution in [2.75, 3.05) is 25.0 Å². The van der Waals surface area contributed by atoms with E-state index in [-0.39, 0.29) is 24.3 Å². The molecular formula is C23H31N3O2. The Bertz CT molecular complexity index is 740. The van der Waals surface area contributed by atoms with Crippen molar-refractivity contribution >= 4 is 17.5 Å². The highest BCUT2D eigenvalue weighted by molar-refractivity contribution is 5.91. The molecular weight excluding hydrogens is 350 g/mol. The Labute approximate surface area is 168 Å². The minimum Gasteiger partial charge on any atom is -0.349 e. The first kappa shape index (κ1) is 21.6. The van der Waals surface area contributed by atoms with E-state index in [1.807, 2.05) is 42.5 Å². The summed E-state index contributed by atoms with van der Waals surface area (Å²) in [7, 11) is 0. The van der Waals surface area contributed by atoms with Crippen LogP contribution in [0.25, 0.3) is 0 Å². The van der Waals surface area contributed by atoms with Crippen LogP contribution in [0.1, 0.15) is 44.4 Å². The van der Waals surface area contributed by atoms with Gasteiger partial charge in [0.15, 0.2) is 0 Å². The van der Waals surface area contributed by atoms with Crippen LogP contribution in [-0.4, -0.2) is 36.3 Å². The third-order valence-corrected chi connectivity index (χ3v) is 4.82. The Morgan fingerprint density at radius 3 is 2.18 bits per heavy atom. The Kier molecular flexibility index (Phi) is 8.69. The van der Waals surface area contributed by atoms with Gasteiger partial charge in [-0.05, 0) is 42.8 Å². The summed E-state index contributed by atoms with van der Waals surface area (Å²) in [6, 6.07) is 17.2. The van der Waals surface area contributed by atoms with Crippen LogP contribution in [0.3, 0.4) is 0 Å². The van der Waals surface area contributed by atoms with Crippen LogP contribution in [0.4, 0.5) is 5.69 Å². The molecule has 150 valence electrons.